The van der Waals surface area contributed by atoms with E-state index in [0.29, 0.717) is 12.1 Å². The third kappa shape index (κ3) is 4.06. The minimum absolute atomic E-state index is 0.164. The summed E-state index contributed by atoms with van der Waals surface area (Å²) in [4.78, 5) is 0. The first-order valence-electron chi connectivity index (χ1n) is 9.82. The van der Waals surface area contributed by atoms with Crippen LogP contribution in [0.25, 0.3) is 0 Å². The van der Waals surface area contributed by atoms with Gasteiger partial charge in [0.15, 0.2) is 0 Å². The van der Waals surface area contributed by atoms with Gasteiger partial charge in [0.25, 0.3) is 0 Å². The highest BCUT2D eigenvalue weighted by Gasteiger charge is 2.26. The lowest BCUT2D eigenvalue weighted by Crippen LogP contribution is -2.29. The second kappa shape index (κ2) is 6.64. The van der Waals surface area contributed by atoms with Gasteiger partial charge in [-0.3, -0.25) is 0 Å². The van der Waals surface area contributed by atoms with Gasteiger partial charge in [-0.2, -0.15) is 0 Å². The third-order valence-corrected chi connectivity index (χ3v) is 5.38. The molecule has 2 nitrogen and oxygen atoms in total. The molecule has 1 heterocycles. The molecule has 2 heteroatoms. The fraction of sp³-hybridized carbons (Fsp3) is 0.500. The Labute approximate surface area is 159 Å². The van der Waals surface area contributed by atoms with Gasteiger partial charge in [0, 0.05) is 17.4 Å². The molecule has 0 amide bonds. The van der Waals surface area contributed by atoms with Gasteiger partial charge in [-0.15, -0.1) is 0 Å². The summed E-state index contributed by atoms with van der Waals surface area (Å²) in [6.45, 7) is 15.9. The Morgan fingerprint density at radius 1 is 0.846 bits per heavy atom. The minimum Gasteiger partial charge on any atom is -0.382 e. The fourth-order valence-corrected chi connectivity index (χ4v) is 3.66. The van der Waals surface area contributed by atoms with E-state index in [9.17, 15) is 0 Å². The molecule has 1 aliphatic rings. The summed E-state index contributed by atoms with van der Waals surface area (Å²) in [5, 5.41) is 7.43. The molecule has 1 aliphatic heterocycles. The zero-order valence-corrected chi connectivity index (χ0v) is 17.4. The van der Waals surface area contributed by atoms with Crippen LogP contribution >= 0.6 is 0 Å². The first-order chi connectivity index (χ1) is 12.0. The molecule has 140 valence electrons. The van der Waals surface area contributed by atoms with Crippen molar-refractivity contribution >= 4 is 11.4 Å². The van der Waals surface area contributed by atoms with E-state index in [2.05, 4.69) is 102 Å². The average molecular weight is 351 g/mol. The lowest BCUT2D eigenvalue weighted by Gasteiger charge is -2.34. The number of rotatable bonds is 2. The number of benzene rings is 2. The maximum atomic E-state index is 3.78. The largest absolute Gasteiger partial charge is 0.382 e. The summed E-state index contributed by atoms with van der Waals surface area (Å²) >= 11 is 0. The first-order valence-corrected chi connectivity index (χ1v) is 9.82. The summed E-state index contributed by atoms with van der Waals surface area (Å²) in [7, 11) is 0. The molecular formula is C24H34N2. The molecule has 0 radical (unpaired) electrons. The topological polar surface area (TPSA) is 24.1 Å². The summed E-state index contributed by atoms with van der Waals surface area (Å²) < 4.78 is 0. The molecule has 0 bridgehead atoms. The molecule has 2 unspecified atom stereocenters. The molecule has 0 saturated heterocycles. The molecule has 0 saturated carbocycles. The van der Waals surface area contributed by atoms with Crippen molar-refractivity contribution < 1.29 is 0 Å². The Morgan fingerprint density at radius 3 is 2.00 bits per heavy atom. The van der Waals surface area contributed by atoms with Crippen molar-refractivity contribution in [3.8, 4) is 0 Å². The van der Waals surface area contributed by atoms with Crippen LogP contribution in [-0.4, -0.2) is 6.04 Å². The predicted molar refractivity (Wildman–Crippen MR) is 114 cm³/mol. The second-order valence-electron chi connectivity index (χ2n) is 9.86. The maximum absolute atomic E-state index is 3.78. The van der Waals surface area contributed by atoms with Gasteiger partial charge in [0.05, 0.1) is 6.04 Å². The Hall–Kier alpha value is -1.96. The van der Waals surface area contributed by atoms with Crippen LogP contribution in [0.4, 0.5) is 11.4 Å². The Balaban J connectivity index is 1.89. The van der Waals surface area contributed by atoms with Crippen LogP contribution in [0.15, 0.2) is 42.5 Å². The van der Waals surface area contributed by atoms with E-state index in [0.717, 1.165) is 6.42 Å². The lowest BCUT2D eigenvalue weighted by molar-refractivity contribution is 0.575. The highest BCUT2D eigenvalue weighted by molar-refractivity contribution is 5.60. The summed E-state index contributed by atoms with van der Waals surface area (Å²) in [6, 6.07) is 16.6. The van der Waals surface area contributed by atoms with Gasteiger partial charge >= 0.3 is 0 Å². The molecule has 2 aromatic rings. The third-order valence-electron chi connectivity index (χ3n) is 5.38. The van der Waals surface area contributed by atoms with E-state index in [1.165, 1.54) is 28.1 Å². The molecule has 0 aromatic heterocycles. The first kappa shape index (κ1) is 18.8. The van der Waals surface area contributed by atoms with E-state index in [4.69, 9.17) is 0 Å². The van der Waals surface area contributed by atoms with Crippen molar-refractivity contribution in [3.05, 3.63) is 59.2 Å². The standard InChI is InChI=1S/C24H34N2/c1-16-14-22(26-19-11-8-17(9-12-19)23(2,3)4)20-15-18(24(5,6)7)10-13-21(20)25-16/h8-13,15-16,22,25-26H,14H2,1-7H3. The van der Waals surface area contributed by atoms with E-state index in [1.807, 2.05) is 0 Å². The SMILES string of the molecule is CC1CC(Nc2ccc(C(C)(C)C)cc2)c2cc(C(C)(C)C)ccc2N1. The summed E-state index contributed by atoms with van der Waals surface area (Å²) in [5.41, 5.74) is 6.97. The summed E-state index contributed by atoms with van der Waals surface area (Å²) in [5.74, 6) is 0. The molecule has 26 heavy (non-hydrogen) atoms. The van der Waals surface area contributed by atoms with Crippen molar-refractivity contribution in [1.29, 1.82) is 0 Å². The monoisotopic (exact) mass is 350 g/mol. The van der Waals surface area contributed by atoms with E-state index in [1.54, 1.807) is 0 Å². The Kier molecular flexibility index (Phi) is 4.81. The molecule has 2 N–H and O–H groups in total. The van der Waals surface area contributed by atoms with Gasteiger partial charge in [0.2, 0.25) is 0 Å². The highest BCUT2D eigenvalue weighted by atomic mass is 15.0. The van der Waals surface area contributed by atoms with Crippen LogP contribution in [0, 0.1) is 0 Å². The normalized spacial score (nSPS) is 20.3. The molecule has 0 fully saturated rings. The molecular weight excluding hydrogens is 316 g/mol. The number of nitrogens with one attached hydrogen (secondary N) is 2. The molecule has 3 rings (SSSR count). The Morgan fingerprint density at radius 2 is 1.42 bits per heavy atom. The fourth-order valence-electron chi connectivity index (χ4n) is 3.66. The zero-order valence-electron chi connectivity index (χ0n) is 17.4. The smallest absolute Gasteiger partial charge is 0.0553 e. The Bertz CT molecular complexity index is 760. The molecule has 0 aliphatic carbocycles. The second-order valence-corrected chi connectivity index (χ2v) is 9.86. The quantitative estimate of drug-likeness (QED) is 0.634. The minimum atomic E-state index is 0.164. The van der Waals surface area contributed by atoms with Gasteiger partial charge < -0.3 is 10.6 Å². The van der Waals surface area contributed by atoms with Gasteiger partial charge in [-0.25, -0.2) is 0 Å². The van der Waals surface area contributed by atoms with E-state index in [-0.39, 0.29) is 10.8 Å². The van der Waals surface area contributed by atoms with E-state index >= 15 is 0 Å². The van der Waals surface area contributed by atoms with Crippen LogP contribution in [0.3, 0.4) is 0 Å². The highest BCUT2D eigenvalue weighted by Crippen LogP contribution is 2.38. The number of anilines is 2. The van der Waals surface area contributed by atoms with Crippen molar-refractivity contribution in [2.75, 3.05) is 10.6 Å². The maximum Gasteiger partial charge on any atom is 0.0553 e. The van der Waals surface area contributed by atoms with Crippen molar-refractivity contribution in [2.45, 2.75) is 77.8 Å². The number of hydrogen-bond acceptors (Lipinski definition) is 2. The lowest BCUT2D eigenvalue weighted by atomic mass is 9.83. The molecule has 0 spiro atoms. The number of hydrogen-bond donors (Lipinski definition) is 2. The van der Waals surface area contributed by atoms with Crippen LogP contribution in [-0.2, 0) is 10.8 Å². The van der Waals surface area contributed by atoms with Crippen molar-refractivity contribution in [2.24, 2.45) is 0 Å². The summed E-state index contributed by atoms with van der Waals surface area (Å²) in [6.07, 6.45) is 1.08. The predicted octanol–water partition coefficient (Wildman–Crippen LogP) is 6.64. The average Bonchev–Trinajstić information content (AvgIpc) is 2.53. The van der Waals surface area contributed by atoms with Crippen LogP contribution in [0.5, 0.6) is 0 Å². The van der Waals surface area contributed by atoms with Crippen molar-refractivity contribution in [3.63, 3.8) is 0 Å². The van der Waals surface area contributed by atoms with Crippen LogP contribution in [0.2, 0.25) is 0 Å². The molecule has 2 atom stereocenters. The van der Waals surface area contributed by atoms with Crippen LogP contribution in [0.1, 0.15) is 77.6 Å². The van der Waals surface area contributed by atoms with Gasteiger partial charge in [0.1, 0.15) is 0 Å². The van der Waals surface area contributed by atoms with Gasteiger partial charge in [-0.1, -0.05) is 65.8 Å². The van der Waals surface area contributed by atoms with Gasteiger partial charge in [-0.05, 0) is 59.1 Å². The van der Waals surface area contributed by atoms with E-state index < -0.39 is 0 Å². The molecule has 2 aromatic carbocycles. The van der Waals surface area contributed by atoms with Crippen LogP contribution < -0.4 is 10.6 Å². The zero-order chi connectivity index (χ0) is 19.1. The number of fused-ring (bicyclic) bond motifs is 1. The van der Waals surface area contributed by atoms with Crippen molar-refractivity contribution in [1.82, 2.24) is 0 Å².